The Balaban J connectivity index is 1.24. The summed E-state index contributed by atoms with van der Waals surface area (Å²) in [6.07, 6.45) is 0.905. The number of hydrogen-bond acceptors (Lipinski definition) is 6. The topological polar surface area (TPSA) is 101 Å². The van der Waals surface area contributed by atoms with Crippen LogP contribution in [0.25, 0.3) is 11.3 Å². The highest BCUT2D eigenvalue weighted by atomic mass is 32.1. The normalized spacial score (nSPS) is 19.1. The average molecular weight is 491 g/mol. The minimum Gasteiger partial charge on any atom is -0.493 e. The number of benzene rings is 2. The van der Waals surface area contributed by atoms with Gasteiger partial charge in [-0.1, -0.05) is 30.3 Å². The zero-order valence-corrected chi connectivity index (χ0v) is 20.1. The quantitative estimate of drug-likeness (QED) is 0.548. The van der Waals surface area contributed by atoms with E-state index >= 15 is 0 Å². The molecule has 0 radical (unpaired) electrons. The molecule has 35 heavy (non-hydrogen) atoms. The lowest BCUT2D eigenvalue weighted by molar-refractivity contribution is -0.128. The van der Waals surface area contributed by atoms with Gasteiger partial charge in [-0.25, -0.2) is 4.98 Å². The predicted molar refractivity (Wildman–Crippen MR) is 133 cm³/mol. The summed E-state index contributed by atoms with van der Waals surface area (Å²) in [5.74, 6) is 0.0594. The Kier molecular flexibility index (Phi) is 6.50. The number of nitrogens with zero attached hydrogens (tertiary/aromatic N) is 2. The van der Waals surface area contributed by atoms with E-state index in [9.17, 15) is 14.4 Å². The third-order valence-electron chi connectivity index (χ3n) is 6.26. The molecule has 2 atom stereocenters. The molecule has 3 aromatic rings. The maximum Gasteiger partial charge on any atom is 0.231 e. The SMILES string of the molecule is CC(=O)NC1CCOc2ccc(-c3csc(NC(=O)C4CC(=O)N(Cc5ccccc5)C4)n3)cc21. The van der Waals surface area contributed by atoms with Gasteiger partial charge in [0.05, 0.1) is 24.3 Å². The van der Waals surface area contributed by atoms with Gasteiger partial charge in [0.2, 0.25) is 17.7 Å². The second kappa shape index (κ2) is 9.87. The van der Waals surface area contributed by atoms with E-state index < -0.39 is 5.92 Å². The van der Waals surface area contributed by atoms with Crippen LogP contribution in [0.1, 0.15) is 36.9 Å². The predicted octanol–water partition coefficient (Wildman–Crippen LogP) is 3.76. The molecule has 2 aliphatic rings. The molecule has 0 aliphatic carbocycles. The van der Waals surface area contributed by atoms with Crippen LogP contribution in [0.15, 0.2) is 53.9 Å². The molecule has 2 unspecified atom stereocenters. The molecule has 1 fully saturated rings. The standard InChI is InChI=1S/C26H26N4O4S/c1-16(31)27-21-9-10-34-23-8-7-18(11-20(21)23)22-15-35-26(28-22)29-25(33)19-12-24(32)30(14-19)13-17-5-3-2-4-6-17/h2-8,11,15,19,21H,9-10,12-14H2,1H3,(H,27,31)(H,28,29,33). The van der Waals surface area contributed by atoms with Gasteiger partial charge in [-0.05, 0) is 23.8 Å². The van der Waals surface area contributed by atoms with Crippen LogP contribution in [0.5, 0.6) is 5.75 Å². The van der Waals surface area contributed by atoms with Crippen molar-refractivity contribution < 1.29 is 19.1 Å². The van der Waals surface area contributed by atoms with Crippen LogP contribution < -0.4 is 15.4 Å². The first kappa shape index (κ1) is 23.0. The summed E-state index contributed by atoms with van der Waals surface area (Å²) in [5.41, 5.74) is 3.58. The van der Waals surface area contributed by atoms with Crippen LogP contribution >= 0.6 is 11.3 Å². The summed E-state index contributed by atoms with van der Waals surface area (Å²) >= 11 is 1.34. The highest BCUT2D eigenvalue weighted by Crippen LogP contribution is 2.36. The van der Waals surface area contributed by atoms with Crippen molar-refractivity contribution in [3.05, 3.63) is 65.0 Å². The number of carbonyl (C=O) groups excluding carboxylic acids is 3. The Bertz CT molecular complexity index is 1260. The number of carbonyl (C=O) groups is 3. The maximum absolute atomic E-state index is 12.9. The third kappa shape index (κ3) is 5.19. The Labute approximate surface area is 207 Å². The van der Waals surface area contributed by atoms with Crippen molar-refractivity contribution >= 4 is 34.2 Å². The number of likely N-dealkylation sites (tertiary alicyclic amines) is 1. The monoisotopic (exact) mass is 490 g/mol. The minimum atomic E-state index is -0.405. The zero-order valence-electron chi connectivity index (χ0n) is 19.3. The van der Waals surface area contributed by atoms with Crippen LogP contribution in [0.3, 0.4) is 0 Å². The summed E-state index contributed by atoms with van der Waals surface area (Å²) in [6.45, 7) is 2.96. The number of hydrogen-bond donors (Lipinski definition) is 2. The van der Waals surface area contributed by atoms with Crippen molar-refractivity contribution in [2.75, 3.05) is 18.5 Å². The van der Waals surface area contributed by atoms with E-state index in [-0.39, 0.29) is 30.2 Å². The lowest BCUT2D eigenvalue weighted by Crippen LogP contribution is -2.30. The largest absolute Gasteiger partial charge is 0.493 e. The van der Waals surface area contributed by atoms with Gasteiger partial charge in [0.1, 0.15) is 5.75 Å². The molecule has 0 bridgehead atoms. The molecule has 2 aromatic carbocycles. The summed E-state index contributed by atoms with van der Waals surface area (Å²) in [6, 6.07) is 15.5. The molecule has 2 aliphatic heterocycles. The van der Waals surface area contributed by atoms with Gasteiger partial charge in [-0.15, -0.1) is 11.3 Å². The highest BCUT2D eigenvalue weighted by Gasteiger charge is 2.34. The molecular formula is C26H26N4O4S. The minimum absolute atomic E-state index is 0.0150. The van der Waals surface area contributed by atoms with E-state index in [0.717, 1.165) is 28.1 Å². The van der Waals surface area contributed by atoms with Gasteiger partial charge in [0.15, 0.2) is 5.13 Å². The van der Waals surface area contributed by atoms with Crippen molar-refractivity contribution in [2.45, 2.75) is 32.4 Å². The third-order valence-corrected chi connectivity index (χ3v) is 7.02. The number of aromatic nitrogens is 1. The number of nitrogens with one attached hydrogen (secondary N) is 2. The molecule has 9 heteroatoms. The summed E-state index contributed by atoms with van der Waals surface area (Å²) in [4.78, 5) is 43.2. The lowest BCUT2D eigenvalue weighted by atomic mass is 9.97. The molecule has 0 spiro atoms. The highest BCUT2D eigenvalue weighted by molar-refractivity contribution is 7.14. The van der Waals surface area contributed by atoms with Crippen molar-refractivity contribution in [3.8, 4) is 17.0 Å². The maximum atomic E-state index is 12.9. The lowest BCUT2D eigenvalue weighted by Gasteiger charge is -2.26. The molecule has 3 heterocycles. The van der Waals surface area contributed by atoms with Gasteiger partial charge < -0.3 is 20.3 Å². The average Bonchev–Trinajstić information content (AvgIpc) is 3.46. The summed E-state index contributed by atoms with van der Waals surface area (Å²) < 4.78 is 5.74. The van der Waals surface area contributed by atoms with Gasteiger partial charge in [0.25, 0.3) is 0 Å². The van der Waals surface area contributed by atoms with E-state index in [4.69, 9.17) is 4.74 Å². The number of thiazole rings is 1. The van der Waals surface area contributed by atoms with Crippen LogP contribution in [0.2, 0.25) is 0 Å². The smallest absolute Gasteiger partial charge is 0.231 e. The number of anilines is 1. The fraction of sp³-hybridized carbons (Fsp3) is 0.308. The van der Waals surface area contributed by atoms with E-state index in [0.29, 0.717) is 31.2 Å². The number of rotatable bonds is 6. The van der Waals surface area contributed by atoms with Crippen molar-refractivity contribution in [2.24, 2.45) is 5.92 Å². The second-order valence-corrected chi connectivity index (χ2v) is 9.69. The molecule has 1 saturated heterocycles. The van der Waals surface area contributed by atoms with Gasteiger partial charge in [-0.2, -0.15) is 0 Å². The molecule has 1 aromatic heterocycles. The van der Waals surface area contributed by atoms with Crippen molar-refractivity contribution in [1.29, 1.82) is 0 Å². The first-order valence-electron chi connectivity index (χ1n) is 11.6. The number of ether oxygens (including phenoxy) is 1. The number of amides is 3. The Hall–Kier alpha value is -3.72. The molecular weight excluding hydrogens is 464 g/mol. The van der Waals surface area contributed by atoms with E-state index in [1.165, 1.54) is 18.3 Å². The molecule has 8 nitrogen and oxygen atoms in total. The van der Waals surface area contributed by atoms with Crippen molar-refractivity contribution in [3.63, 3.8) is 0 Å². The molecule has 2 N–H and O–H groups in total. The molecule has 180 valence electrons. The van der Waals surface area contributed by atoms with Gasteiger partial charge in [-0.3, -0.25) is 14.4 Å². The first-order valence-corrected chi connectivity index (χ1v) is 12.5. The zero-order chi connectivity index (χ0) is 24.4. The van der Waals surface area contributed by atoms with Gasteiger partial charge in [0, 0.05) is 49.4 Å². The van der Waals surface area contributed by atoms with Crippen LogP contribution in [-0.2, 0) is 20.9 Å². The molecule has 5 rings (SSSR count). The first-order chi connectivity index (χ1) is 17.0. The number of fused-ring (bicyclic) bond motifs is 1. The fourth-order valence-electron chi connectivity index (χ4n) is 4.52. The van der Waals surface area contributed by atoms with Crippen molar-refractivity contribution in [1.82, 2.24) is 15.2 Å². The van der Waals surface area contributed by atoms with E-state index in [2.05, 4.69) is 15.6 Å². The van der Waals surface area contributed by atoms with Crippen LogP contribution in [-0.4, -0.2) is 40.8 Å². The molecule has 3 amide bonds. The van der Waals surface area contributed by atoms with Gasteiger partial charge >= 0.3 is 0 Å². The van der Waals surface area contributed by atoms with Crippen LogP contribution in [0, 0.1) is 5.92 Å². The molecule has 0 saturated carbocycles. The van der Waals surface area contributed by atoms with Crippen LogP contribution in [0.4, 0.5) is 5.13 Å². The summed E-state index contributed by atoms with van der Waals surface area (Å²) in [7, 11) is 0. The fourth-order valence-corrected chi connectivity index (χ4v) is 5.25. The Morgan fingerprint density at radius 3 is 2.83 bits per heavy atom. The summed E-state index contributed by atoms with van der Waals surface area (Å²) in [5, 5.41) is 8.24. The Morgan fingerprint density at radius 1 is 1.20 bits per heavy atom. The Morgan fingerprint density at radius 2 is 2.03 bits per heavy atom. The van der Waals surface area contributed by atoms with E-state index in [1.54, 1.807) is 4.90 Å². The second-order valence-electron chi connectivity index (χ2n) is 8.83. The van der Waals surface area contributed by atoms with E-state index in [1.807, 2.05) is 53.9 Å².